The molecule has 0 fully saturated rings. The molecular weight excluding hydrogens is 1630 g/mol. The normalized spacial score (nSPS) is 15.4. The van der Waals surface area contributed by atoms with Gasteiger partial charge >= 0.3 is 5.97 Å². The summed E-state index contributed by atoms with van der Waals surface area (Å²) in [5.41, 5.74) is 12.7. The van der Waals surface area contributed by atoms with Crippen molar-refractivity contribution in [2.75, 3.05) is 47.8 Å². The van der Waals surface area contributed by atoms with E-state index in [1.165, 1.54) is 33.4 Å². The number of nitrogens with one attached hydrogen (secondary N) is 3. The Labute approximate surface area is 719 Å². The molecule has 8 aromatic heterocycles. The standard InChI is InChI=1S/3C22H19FN6O2.C12H8FN3O2.C10H13N3O.CH4/c3*1-28-20-16(6-3-9-25-20)7-8-18(22(28)31)26-21(30)19-17(23)13-29(27-19)12-15-5-2-4-14(10-15)11-24;13-10-7-16(15-11(10)12(17)18)6-9-3-1-2-8(4-9)5-14;1-13-9-7(3-2-6-12-9)4-5-8(11)10(13)14;/h3*2-6,9-10,13,18H,7-8,12H2,1H3,(H,26,30);1-4,7H,6H2,(H,17,18);2-3,6,8H,4-5,11H2,1H3;1H4/t2*18-;;;;/m10..../s1. The third-order valence-corrected chi connectivity index (χ3v) is 20.3. The molecule has 12 heterocycles. The maximum Gasteiger partial charge on any atom is 0.359 e. The highest BCUT2D eigenvalue weighted by Gasteiger charge is 2.36. The van der Waals surface area contributed by atoms with E-state index >= 15 is 0 Å². The number of pyridine rings is 4. The number of aromatic nitrogens is 12. The Bertz CT molecular complexity index is 5830. The number of hydrogen-bond acceptors (Lipinski definition) is 21. The molecule has 16 rings (SSSR count). The number of halogens is 4. The van der Waals surface area contributed by atoms with E-state index in [4.69, 9.17) is 31.9 Å². The van der Waals surface area contributed by atoms with Crippen molar-refractivity contribution in [2.45, 2.75) is 109 Å². The quantitative estimate of drug-likeness (QED) is 0.0598. The molecule has 4 aliphatic rings. The first-order chi connectivity index (χ1) is 60.2. The molecule has 640 valence electrons. The molecule has 4 aromatic carbocycles. The van der Waals surface area contributed by atoms with Crippen LogP contribution in [0.5, 0.6) is 0 Å². The van der Waals surface area contributed by atoms with Crippen LogP contribution in [0.2, 0.25) is 0 Å². The zero-order valence-corrected chi connectivity index (χ0v) is 67.5. The Hall–Kier alpha value is -16.3. The monoisotopic (exact) mass is 1710 g/mol. The first-order valence-corrected chi connectivity index (χ1v) is 38.8. The molecule has 0 radical (unpaired) electrons. The zero-order valence-electron chi connectivity index (χ0n) is 67.5. The highest BCUT2D eigenvalue weighted by molar-refractivity contribution is 6.04. The average Bonchev–Trinajstić information content (AvgIpc) is 1.66. The molecule has 0 saturated heterocycles. The summed E-state index contributed by atoms with van der Waals surface area (Å²) in [7, 11) is 6.52. The third kappa shape index (κ3) is 22.1. The van der Waals surface area contributed by atoms with Crippen LogP contribution in [0.4, 0.5) is 40.8 Å². The molecule has 6 N–H and O–H groups in total. The van der Waals surface area contributed by atoms with Crippen LogP contribution in [0.3, 0.4) is 0 Å². The predicted molar refractivity (Wildman–Crippen MR) is 449 cm³/mol. The van der Waals surface area contributed by atoms with Crippen molar-refractivity contribution >= 4 is 70.6 Å². The van der Waals surface area contributed by atoms with Gasteiger partial charge in [0.1, 0.15) is 41.4 Å². The summed E-state index contributed by atoms with van der Waals surface area (Å²) in [6.07, 6.45) is 15.2. The van der Waals surface area contributed by atoms with Crippen molar-refractivity contribution in [3.8, 4) is 24.3 Å². The largest absolute Gasteiger partial charge is 0.476 e. The van der Waals surface area contributed by atoms with Crippen molar-refractivity contribution < 1.29 is 61.0 Å². The fourth-order valence-electron chi connectivity index (χ4n) is 14.1. The van der Waals surface area contributed by atoms with Gasteiger partial charge in [0.05, 0.1) is 104 Å². The van der Waals surface area contributed by atoms with Crippen LogP contribution < -0.4 is 41.3 Å². The number of rotatable bonds is 15. The van der Waals surface area contributed by atoms with Crippen LogP contribution in [0.25, 0.3) is 0 Å². The highest BCUT2D eigenvalue weighted by Crippen LogP contribution is 2.29. The minimum Gasteiger partial charge on any atom is -0.476 e. The van der Waals surface area contributed by atoms with Crippen molar-refractivity contribution in [1.82, 2.24) is 75.0 Å². The number of anilines is 4. The highest BCUT2D eigenvalue weighted by atomic mass is 19.1. The Morgan fingerprint density at radius 3 is 0.889 bits per heavy atom. The summed E-state index contributed by atoms with van der Waals surface area (Å²) >= 11 is 0. The van der Waals surface area contributed by atoms with E-state index in [0.717, 1.165) is 81.5 Å². The van der Waals surface area contributed by atoms with E-state index in [1.54, 1.807) is 173 Å². The number of nitrogens with zero attached hydrogens (tertiary/aromatic N) is 20. The molecule has 0 saturated carbocycles. The van der Waals surface area contributed by atoms with Crippen LogP contribution in [-0.4, -0.2) is 164 Å². The number of likely N-dealkylation sites (N-methyl/N-ethyl adjacent to an activating group) is 4. The number of carboxylic acid groups (broad SMARTS) is 1. The van der Waals surface area contributed by atoms with Gasteiger partial charge in [0, 0.05) is 53.0 Å². The van der Waals surface area contributed by atoms with E-state index in [1.807, 2.05) is 54.6 Å². The fourth-order valence-corrected chi connectivity index (χ4v) is 14.1. The molecule has 4 atom stereocenters. The van der Waals surface area contributed by atoms with Gasteiger partial charge in [-0.1, -0.05) is 80.2 Å². The molecule has 0 aliphatic carbocycles. The lowest BCUT2D eigenvalue weighted by Gasteiger charge is -2.20. The van der Waals surface area contributed by atoms with E-state index in [-0.39, 0.29) is 74.3 Å². The first kappa shape index (κ1) is 90.5. The van der Waals surface area contributed by atoms with E-state index < -0.39 is 76.8 Å². The summed E-state index contributed by atoms with van der Waals surface area (Å²) in [4.78, 5) is 121. The summed E-state index contributed by atoms with van der Waals surface area (Å²) in [5.74, 6) is -5.51. The second-order valence-corrected chi connectivity index (χ2v) is 29.0. The van der Waals surface area contributed by atoms with E-state index in [0.29, 0.717) is 84.7 Å². The number of nitriles is 4. The molecule has 33 nitrogen and oxygen atoms in total. The SMILES string of the molecule is C.CN1C(=O)C(N)CCc2cccnc21.CN1C(=O)C(NC(=O)c2nn(Cc3cccc(C#N)c3)cc2F)CCc2cccnc21.CN1C(=O)[C@@H](NC(=O)c2nn(Cc3cccc(C#N)c3)cc2F)CCc2cccnc21.CN1C(=O)[C@H](NC(=O)c2nn(Cc3cccc(C#N)c3)cc2F)CCc2cccnc21.N#Cc1cccc(Cn2cc(F)c(C(=O)O)n2)c1. The number of carbonyl (C=O) groups excluding carboxylic acids is 7. The fraction of sp³-hybridized carbons (Fsp3) is 0.236. The number of nitrogens with two attached hydrogens (primary N) is 1. The van der Waals surface area contributed by atoms with Crippen LogP contribution in [0, 0.1) is 68.6 Å². The topological polar surface area (TPSA) is 450 Å². The van der Waals surface area contributed by atoms with Crippen LogP contribution >= 0.6 is 0 Å². The lowest BCUT2D eigenvalue weighted by Crippen LogP contribution is -2.47. The summed E-state index contributed by atoms with van der Waals surface area (Å²) in [6.45, 7) is 0.809. The number of benzene rings is 4. The van der Waals surface area contributed by atoms with Gasteiger partial charge in [0.25, 0.3) is 17.7 Å². The molecular formula is C89H82F4N24O9. The van der Waals surface area contributed by atoms with Gasteiger partial charge in [-0.2, -0.15) is 41.4 Å². The number of amides is 7. The number of aryl methyl sites for hydroxylation is 4. The van der Waals surface area contributed by atoms with Gasteiger partial charge < -0.3 is 26.8 Å². The molecule has 7 amide bonds. The molecule has 37 heteroatoms. The minimum atomic E-state index is -1.41. The van der Waals surface area contributed by atoms with Crippen molar-refractivity contribution in [1.29, 1.82) is 21.0 Å². The predicted octanol–water partition coefficient (Wildman–Crippen LogP) is 8.73. The maximum absolute atomic E-state index is 14.4. The van der Waals surface area contributed by atoms with Crippen molar-refractivity contribution in [3.63, 3.8) is 0 Å². The Kier molecular flexibility index (Phi) is 29.7. The Morgan fingerprint density at radius 2 is 0.635 bits per heavy atom. The number of carboxylic acids is 1. The zero-order chi connectivity index (χ0) is 89.1. The summed E-state index contributed by atoms with van der Waals surface area (Å²) < 4.78 is 61.6. The van der Waals surface area contributed by atoms with E-state index in [2.05, 4.69) is 56.3 Å². The van der Waals surface area contributed by atoms with Crippen molar-refractivity contribution in [3.05, 3.63) is 308 Å². The van der Waals surface area contributed by atoms with E-state index in [9.17, 15) is 55.9 Å². The van der Waals surface area contributed by atoms with Crippen LogP contribution in [0.1, 0.15) is 142 Å². The maximum atomic E-state index is 14.4. The lowest BCUT2D eigenvalue weighted by molar-refractivity contribution is -0.120. The minimum absolute atomic E-state index is 0. The van der Waals surface area contributed by atoms with Gasteiger partial charge in [-0.15, -0.1) is 0 Å². The average molecular weight is 1710 g/mol. The Balaban J connectivity index is 0.000000157. The Morgan fingerprint density at radius 1 is 0.389 bits per heavy atom. The summed E-state index contributed by atoms with van der Waals surface area (Å²) in [6, 6.07) is 47.5. The second-order valence-electron chi connectivity index (χ2n) is 29.0. The number of hydrogen-bond donors (Lipinski definition) is 5. The van der Waals surface area contributed by atoms with Gasteiger partial charge in [0.15, 0.2) is 40.4 Å². The third-order valence-electron chi connectivity index (χ3n) is 20.3. The van der Waals surface area contributed by atoms with Gasteiger partial charge in [-0.05, 0) is 169 Å². The number of aromatic carboxylic acids is 1. The molecule has 2 unspecified atom stereocenters. The van der Waals surface area contributed by atoms with Gasteiger partial charge in [-0.25, -0.2) is 42.3 Å². The van der Waals surface area contributed by atoms with Gasteiger partial charge in [0.2, 0.25) is 29.3 Å². The smallest absolute Gasteiger partial charge is 0.359 e. The first-order valence-electron chi connectivity index (χ1n) is 38.8. The number of carbonyl (C=O) groups is 8. The van der Waals surface area contributed by atoms with Crippen LogP contribution in [-0.2, 0) is 71.0 Å². The second kappa shape index (κ2) is 41.3. The molecule has 0 spiro atoms. The summed E-state index contributed by atoms with van der Waals surface area (Å²) in [5, 5.41) is 68.0. The molecule has 126 heavy (non-hydrogen) atoms. The van der Waals surface area contributed by atoms with Gasteiger partial charge in [-0.3, -0.25) is 71.9 Å². The molecule has 0 bridgehead atoms. The number of fused-ring (bicyclic) bond motifs is 4. The molecule has 4 aliphatic heterocycles. The van der Waals surface area contributed by atoms with Crippen molar-refractivity contribution in [2.24, 2.45) is 5.73 Å². The lowest BCUT2D eigenvalue weighted by atomic mass is 10.1. The van der Waals surface area contributed by atoms with Crippen LogP contribution in [0.15, 0.2) is 195 Å². The molecule has 12 aromatic rings.